The second-order valence-electron chi connectivity index (χ2n) is 5.04. The number of hydrogen-bond acceptors (Lipinski definition) is 2. The van der Waals surface area contributed by atoms with E-state index in [2.05, 4.69) is 10.6 Å². The lowest BCUT2D eigenvalue weighted by Crippen LogP contribution is -2.49. The van der Waals surface area contributed by atoms with Gasteiger partial charge in [-0.25, -0.2) is 0 Å². The molecule has 0 heterocycles. The summed E-state index contributed by atoms with van der Waals surface area (Å²) in [6, 6.07) is 12.5. The van der Waals surface area contributed by atoms with Crippen molar-refractivity contribution < 1.29 is 18.0 Å². The third-order valence-electron chi connectivity index (χ3n) is 3.14. The van der Waals surface area contributed by atoms with Crippen LogP contribution >= 0.6 is 34.8 Å². The highest BCUT2D eigenvalue weighted by molar-refractivity contribution is 6.68. The Kier molecular flexibility index (Phi) is 6.08. The summed E-state index contributed by atoms with van der Waals surface area (Å²) < 4.78 is 36.4. The normalized spacial score (nSPS) is 13.2. The minimum Gasteiger partial charge on any atom is -0.362 e. The van der Waals surface area contributed by atoms with Crippen molar-refractivity contribution in [2.45, 2.75) is 16.1 Å². The molecule has 0 fully saturated rings. The second-order valence-corrected chi connectivity index (χ2v) is 7.41. The van der Waals surface area contributed by atoms with Crippen molar-refractivity contribution in [3.05, 3.63) is 65.7 Å². The van der Waals surface area contributed by atoms with Crippen LogP contribution in [0.1, 0.15) is 15.9 Å². The third kappa shape index (κ3) is 5.70. The molecule has 0 bridgehead atoms. The first-order chi connectivity index (χ1) is 11.6. The zero-order valence-electron chi connectivity index (χ0n) is 12.4. The van der Waals surface area contributed by atoms with Gasteiger partial charge in [-0.3, -0.25) is 4.79 Å². The second kappa shape index (κ2) is 7.72. The predicted molar refractivity (Wildman–Crippen MR) is 93.1 cm³/mol. The smallest absolute Gasteiger partial charge is 0.362 e. The number of carbonyl (C=O) groups is 1. The average Bonchev–Trinajstić information content (AvgIpc) is 2.53. The van der Waals surface area contributed by atoms with Crippen LogP contribution in [0.3, 0.4) is 0 Å². The van der Waals surface area contributed by atoms with Gasteiger partial charge in [-0.1, -0.05) is 59.1 Å². The molecule has 0 aliphatic carbocycles. The van der Waals surface area contributed by atoms with E-state index in [9.17, 15) is 18.0 Å². The molecule has 0 radical (unpaired) electrons. The molecule has 3 nitrogen and oxygen atoms in total. The van der Waals surface area contributed by atoms with E-state index >= 15 is 0 Å². The molecule has 0 saturated heterocycles. The molecule has 0 saturated carbocycles. The van der Waals surface area contributed by atoms with E-state index < -0.39 is 27.6 Å². The summed E-state index contributed by atoms with van der Waals surface area (Å²) in [7, 11) is 0. The maximum atomic E-state index is 12.8. The zero-order valence-corrected chi connectivity index (χ0v) is 14.7. The van der Waals surface area contributed by atoms with E-state index in [1.165, 1.54) is 12.1 Å². The van der Waals surface area contributed by atoms with Crippen LogP contribution in [0.5, 0.6) is 0 Å². The molecule has 25 heavy (non-hydrogen) atoms. The molecule has 1 unspecified atom stereocenters. The van der Waals surface area contributed by atoms with Gasteiger partial charge in [-0.15, -0.1) is 0 Å². The van der Waals surface area contributed by atoms with Gasteiger partial charge >= 0.3 is 6.18 Å². The molecular formula is C16H12Cl3F3N2O. The molecule has 1 amide bonds. The Morgan fingerprint density at radius 3 is 2.16 bits per heavy atom. The molecule has 134 valence electrons. The molecule has 2 N–H and O–H groups in total. The van der Waals surface area contributed by atoms with Crippen molar-refractivity contribution in [2.24, 2.45) is 0 Å². The molecule has 1 atom stereocenters. The van der Waals surface area contributed by atoms with E-state index in [0.717, 1.165) is 12.1 Å². The van der Waals surface area contributed by atoms with Gasteiger partial charge in [0.1, 0.15) is 6.17 Å². The van der Waals surface area contributed by atoms with Gasteiger partial charge in [-0.05, 0) is 30.3 Å². The SMILES string of the molecule is O=C(NC(Nc1cccc(C(F)(F)F)c1)C(Cl)(Cl)Cl)c1ccccc1. The molecular weight excluding hydrogens is 400 g/mol. The van der Waals surface area contributed by atoms with E-state index in [1.54, 1.807) is 30.3 Å². The topological polar surface area (TPSA) is 41.1 Å². The standard InChI is InChI=1S/C16H12Cl3F3N2O/c17-15(18,19)14(24-13(25)10-5-2-1-3-6-10)23-12-8-4-7-11(9-12)16(20,21)22/h1-9,14,23H,(H,24,25). The quantitative estimate of drug-likeness (QED) is 0.533. The van der Waals surface area contributed by atoms with Crippen molar-refractivity contribution in [3.63, 3.8) is 0 Å². The summed E-state index contributed by atoms with van der Waals surface area (Å²) in [6.07, 6.45) is -5.77. The maximum absolute atomic E-state index is 12.8. The van der Waals surface area contributed by atoms with Crippen molar-refractivity contribution in [1.82, 2.24) is 5.32 Å². The fraction of sp³-hybridized carbons (Fsp3) is 0.188. The van der Waals surface area contributed by atoms with Gasteiger partial charge in [0.2, 0.25) is 3.79 Å². The lowest BCUT2D eigenvalue weighted by Gasteiger charge is -2.27. The van der Waals surface area contributed by atoms with Gasteiger partial charge in [0.05, 0.1) is 5.56 Å². The van der Waals surface area contributed by atoms with Gasteiger partial charge in [0, 0.05) is 11.3 Å². The Morgan fingerprint density at radius 1 is 0.960 bits per heavy atom. The summed E-state index contributed by atoms with van der Waals surface area (Å²) in [5.41, 5.74) is -0.512. The number of nitrogens with one attached hydrogen (secondary N) is 2. The monoisotopic (exact) mass is 410 g/mol. The van der Waals surface area contributed by atoms with Crippen LogP contribution in [-0.4, -0.2) is 15.9 Å². The van der Waals surface area contributed by atoms with E-state index in [4.69, 9.17) is 34.8 Å². The minimum atomic E-state index is -4.51. The number of benzene rings is 2. The molecule has 2 aromatic rings. The Balaban J connectivity index is 2.21. The Hall–Kier alpha value is -1.63. The van der Waals surface area contributed by atoms with Crippen molar-refractivity contribution >= 4 is 46.4 Å². The Morgan fingerprint density at radius 2 is 1.60 bits per heavy atom. The Labute approximate surface area is 157 Å². The molecule has 2 rings (SSSR count). The molecule has 0 aliphatic rings. The highest BCUT2D eigenvalue weighted by Crippen LogP contribution is 2.34. The Bertz CT molecular complexity index is 733. The number of anilines is 1. The maximum Gasteiger partial charge on any atom is 0.416 e. The number of amides is 1. The first kappa shape index (κ1) is 19.7. The molecule has 2 aromatic carbocycles. The van der Waals surface area contributed by atoms with Crippen LogP contribution in [0.15, 0.2) is 54.6 Å². The van der Waals surface area contributed by atoms with Crippen molar-refractivity contribution in [1.29, 1.82) is 0 Å². The van der Waals surface area contributed by atoms with Gasteiger partial charge in [0.15, 0.2) is 0 Å². The van der Waals surface area contributed by atoms with Gasteiger partial charge in [0.25, 0.3) is 5.91 Å². The van der Waals surface area contributed by atoms with E-state index in [0.29, 0.717) is 5.56 Å². The first-order valence-corrected chi connectivity index (χ1v) is 8.07. The molecule has 0 spiro atoms. The fourth-order valence-corrected chi connectivity index (χ4v) is 2.28. The number of rotatable bonds is 4. The summed E-state index contributed by atoms with van der Waals surface area (Å²) in [5.74, 6) is -0.545. The summed E-state index contributed by atoms with van der Waals surface area (Å²) in [6.45, 7) is 0. The lowest BCUT2D eigenvalue weighted by molar-refractivity contribution is -0.137. The summed E-state index contributed by atoms with van der Waals surface area (Å²) in [4.78, 5) is 12.2. The highest BCUT2D eigenvalue weighted by atomic mass is 35.6. The summed E-state index contributed by atoms with van der Waals surface area (Å²) >= 11 is 17.5. The zero-order chi connectivity index (χ0) is 18.7. The van der Waals surface area contributed by atoms with Crippen LogP contribution in [0, 0.1) is 0 Å². The fourth-order valence-electron chi connectivity index (χ4n) is 1.96. The molecule has 0 aromatic heterocycles. The van der Waals surface area contributed by atoms with E-state index in [-0.39, 0.29) is 5.69 Å². The predicted octanol–water partition coefficient (Wildman–Crippen LogP) is 5.24. The lowest BCUT2D eigenvalue weighted by atomic mass is 10.2. The third-order valence-corrected chi connectivity index (χ3v) is 3.79. The highest BCUT2D eigenvalue weighted by Gasteiger charge is 2.35. The minimum absolute atomic E-state index is 0.0412. The van der Waals surface area contributed by atoms with Crippen LogP contribution in [0.25, 0.3) is 0 Å². The largest absolute Gasteiger partial charge is 0.416 e. The summed E-state index contributed by atoms with van der Waals surface area (Å²) in [5, 5.41) is 5.06. The van der Waals surface area contributed by atoms with Crippen molar-refractivity contribution in [2.75, 3.05) is 5.32 Å². The molecule has 9 heteroatoms. The number of halogens is 6. The number of alkyl halides is 6. The number of carbonyl (C=O) groups excluding carboxylic acids is 1. The van der Waals surface area contributed by atoms with Crippen molar-refractivity contribution in [3.8, 4) is 0 Å². The average molecular weight is 412 g/mol. The van der Waals surface area contributed by atoms with Gasteiger partial charge in [-0.2, -0.15) is 13.2 Å². The first-order valence-electron chi connectivity index (χ1n) is 6.94. The van der Waals surface area contributed by atoms with Crippen LogP contribution in [0.4, 0.5) is 18.9 Å². The van der Waals surface area contributed by atoms with Crippen LogP contribution in [-0.2, 0) is 6.18 Å². The van der Waals surface area contributed by atoms with Crippen LogP contribution < -0.4 is 10.6 Å². The molecule has 0 aliphatic heterocycles. The van der Waals surface area contributed by atoms with Crippen LogP contribution in [0.2, 0.25) is 0 Å². The van der Waals surface area contributed by atoms with Gasteiger partial charge < -0.3 is 10.6 Å². The number of hydrogen-bond donors (Lipinski definition) is 2. The van der Waals surface area contributed by atoms with E-state index in [1.807, 2.05) is 0 Å².